The van der Waals surface area contributed by atoms with Crippen molar-refractivity contribution in [1.29, 1.82) is 0 Å². The molecule has 8 nitrogen and oxygen atoms in total. The number of primary amides is 1. The molecule has 4 rings (SSSR count). The summed E-state index contributed by atoms with van der Waals surface area (Å²) in [5.41, 5.74) is 9.10. The molecule has 1 aromatic heterocycles. The predicted octanol–water partition coefficient (Wildman–Crippen LogP) is 1.49. The summed E-state index contributed by atoms with van der Waals surface area (Å²) in [6, 6.07) is 6.23. The topological polar surface area (TPSA) is 115 Å². The van der Waals surface area contributed by atoms with Crippen molar-refractivity contribution in [3.63, 3.8) is 0 Å². The van der Waals surface area contributed by atoms with Crippen LogP contribution in [-0.2, 0) is 11.2 Å². The maximum absolute atomic E-state index is 12.2. The van der Waals surface area contributed by atoms with E-state index in [1.165, 1.54) is 11.9 Å². The zero-order valence-corrected chi connectivity index (χ0v) is 15.1. The Bertz CT molecular complexity index is 1020. The lowest BCUT2D eigenvalue weighted by atomic mass is 9.88. The molecule has 0 spiro atoms. The van der Waals surface area contributed by atoms with Crippen molar-refractivity contribution in [3.8, 4) is 0 Å². The average Bonchev–Trinajstić information content (AvgIpc) is 3.03. The molecule has 0 saturated carbocycles. The molecule has 0 fully saturated rings. The summed E-state index contributed by atoms with van der Waals surface area (Å²) < 4.78 is 0. The molecule has 0 saturated heterocycles. The van der Waals surface area contributed by atoms with Gasteiger partial charge in [-0.1, -0.05) is 24.8 Å². The summed E-state index contributed by atoms with van der Waals surface area (Å²) in [6.45, 7) is 3.97. The van der Waals surface area contributed by atoms with Crippen molar-refractivity contribution < 1.29 is 14.7 Å². The van der Waals surface area contributed by atoms with E-state index in [-0.39, 0.29) is 11.9 Å². The minimum Gasteiger partial charge on any atom is -0.494 e. The van der Waals surface area contributed by atoms with Gasteiger partial charge in [-0.25, -0.2) is 4.79 Å². The van der Waals surface area contributed by atoms with E-state index in [1.807, 2.05) is 24.3 Å². The molecule has 27 heavy (non-hydrogen) atoms. The number of hydrogen-bond acceptors (Lipinski definition) is 4. The maximum atomic E-state index is 12.2. The Hall–Kier alpha value is -3.26. The van der Waals surface area contributed by atoms with Gasteiger partial charge in [0.1, 0.15) is 0 Å². The van der Waals surface area contributed by atoms with Crippen LogP contribution in [0.3, 0.4) is 0 Å². The second-order valence-corrected chi connectivity index (χ2v) is 6.91. The summed E-state index contributed by atoms with van der Waals surface area (Å²) in [6.07, 6.45) is 0.441. The van der Waals surface area contributed by atoms with Crippen LogP contribution in [0.2, 0.25) is 0 Å². The van der Waals surface area contributed by atoms with E-state index in [0.29, 0.717) is 17.7 Å². The van der Waals surface area contributed by atoms with Gasteiger partial charge in [0.05, 0.1) is 17.7 Å². The number of hydrogen-bond donors (Lipinski definition) is 4. The lowest BCUT2D eigenvalue weighted by Crippen LogP contribution is -2.51. The molecule has 3 amide bonds. The number of para-hydroxylation sites is 1. The summed E-state index contributed by atoms with van der Waals surface area (Å²) in [4.78, 5) is 30.1. The molecular formula is C19H21N5O3. The highest BCUT2D eigenvalue weighted by Crippen LogP contribution is 2.40. The highest BCUT2D eigenvalue weighted by molar-refractivity contribution is 5.88. The van der Waals surface area contributed by atoms with E-state index in [1.54, 1.807) is 7.05 Å². The largest absolute Gasteiger partial charge is 0.494 e. The number of likely N-dealkylation sites (N-methyl/N-ethyl adjacent to an activating group) is 1. The number of nitrogens with one attached hydrogen (secondary N) is 2. The number of H-pyrrole nitrogens is 1. The standard InChI is InChI=1S/C19H21N5O3/c1-9-14(18(26)24(3)19(27)23(9)2)16-15-11(8-13(22-16)17(20)25)10-6-4-5-7-12(10)21-15/h4-7,13,16,21-22,26H,1,8H2,2-3H3,(H2,20,25). The molecule has 2 unspecified atom stereocenters. The summed E-state index contributed by atoms with van der Waals surface area (Å²) >= 11 is 0. The van der Waals surface area contributed by atoms with Crippen molar-refractivity contribution in [1.82, 2.24) is 20.1 Å². The molecular weight excluding hydrogens is 346 g/mol. The second-order valence-electron chi connectivity index (χ2n) is 6.91. The summed E-state index contributed by atoms with van der Waals surface area (Å²) in [5.74, 6) is -0.675. The van der Waals surface area contributed by atoms with Crippen molar-refractivity contribution in [2.24, 2.45) is 5.73 Å². The van der Waals surface area contributed by atoms with E-state index in [4.69, 9.17) is 5.73 Å². The Balaban J connectivity index is 1.94. The van der Waals surface area contributed by atoms with Gasteiger partial charge in [-0.3, -0.25) is 19.9 Å². The zero-order valence-electron chi connectivity index (χ0n) is 15.1. The number of carbonyl (C=O) groups is 2. The van der Waals surface area contributed by atoms with E-state index in [2.05, 4.69) is 16.9 Å². The van der Waals surface area contributed by atoms with Crippen LogP contribution in [0.5, 0.6) is 0 Å². The Kier molecular flexibility index (Phi) is 3.74. The predicted molar refractivity (Wildman–Crippen MR) is 101 cm³/mol. The SMILES string of the molecule is C=C1C(C2NC(C(N)=O)Cc3c2[nH]c2ccccc32)=C(O)N(C)C(=O)N1C. The Morgan fingerprint density at radius 1 is 1.30 bits per heavy atom. The average molecular weight is 367 g/mol. The quantitative estimate of drug-likeness (QED) is 0.644. The van der Waals surface area contributed by atoms with E-state index in [0.717, 1.165) is 27.1 Å². The maximum Gasteiger partial charge on any atom is 0.330 e. The Labute approximate surface area is 155 Å². The minimum atomic E-state index is -0.608. The monoisotopic (exact) mass is 367 g/mol. The van der Waals surface area contributed by atoms with Gasteiger partial charge < -0.3 is 15.8 Å². The van der Waals surface area contributed by atoms with Gasteiger partial charge in [-0.15, -0.1) is 0 Å². The summed E-state index contributed by atoms with van der Waals surface area (Å²) in [7, 11) is 3.08. The van der Waals surface area contributed by atoms with Gasteiger partial charge in [0.2, 0.25) is 11.8 Å². The number of rotatable bonds is 2. The molecule has 0 radical (unpaired) electrons. The second kappa shape index (κ2) is 5.88. The van der Waals surface area contributed by atoms with Crippen molar-refractivity contribution in [2.45, 2.75) is 18.5 Å². The van der Waals surface area contributed by atoms with Crippen molar-refractivity contribution in [3.05, 3.63) is 59.3 Å². The number of aliphatic hydroxyl groups is 1. The third-order valence-corrected chi connectivity index (χ3v) is 5.39. The fraction of sp³-hybridized carbons (Fsp3) is 0.263. The molecule has 8 heteroatoms. The van der Waals surface area contributed by atoms with Gasteiger partial charge in [0.15, 0.2) is 0 Å². The lowest BCUT2D eigenvalue weighted by molar-refractivity contribution is -0.120. The Morgan fingerprint density at radius 3 is 2.70 bits per heavy atom. The number of benzene rings is 1. The molecule has 3 heterocycles. The number of nitrogens with zero attached hydrogens (tertiary/aromatic N) is 2. The molecule has 1 aromatic carbocycles. The normalized spacial score (nSPS) is 23.2. The molecule has 0 aliphatic carbocycles. The number of urea groups is 1. The van der Waals surface area contributed by atoms with E-state index < -0.39 is 18.0 Å². The van der Waals surface area contributed by atoms with Gasteiger partial charge >= 0.3 is 6.03 Å². The van der Waals surface area contributed by atoms with Crippen LogP contribution in [0.15, 0.2) is 48.0 Å². The highest BCUT2D eigenvalue weighted by atomic mass is 16.3. The van der Waals surface area contributed by atoms with Crippen LogP contribution < -0.4 is 11.1 Å². The first-order chi connectivity index (χ1) is 12.8. The lowest BCUT2D eigenvalue weighted by Gasteiger charge is -2.39. The fourth-order valence-corrected chi connectivity index (χ4v) is 3.86. The first kappa shape index (κ1) is 17.2. The van der Waals surface area contributed by atoms with Crippen molar-refractivity contribution in [2.75, 3.05) is 14.1 Å². The number of fused-ring (bicyclic) bond motifs is 3. The number of aliphatic hydroxyl groups excluding tert-OH is 1. The van der Waals surface area contributed by atoms with E-state index in [9.17, 15) is 14.7 Å². The third-order valence-electron chi connectivity index (χ3n) is 5.39. The van der Waals surface area contributed by atoms with Gasteiger partial charge in [-0.2, -0.15) is 0 Å². The fourth-order valence-electron chi connectivity index (χ4n) is 3.86. The zero-order chi connectivity index (χ0) is 19.5. The molecule has 0 bridgehead atoms. The van der Waals surface area contributed by atoms with Crippen LogP contribution in [-0.4, -0.2) is 52.0 Å². The molecule has 2 aromatic rings. The minimum absolute atomic E-state index is 0.199. The van der Waals surface area contributed by atoms with Crippen LogP contribution in [0.1, 0.15) is 17.3 Å². The number of carbonyl (C=O) groups excluding carboxylic acids is 2. The number of aromatic amines is 1. The first-order valence-electron chi connectivity index (χ1n) is 8.60. The molecule has 140 valence electrons. The van der Waals surface area contributed by atoms with Crippen LogP contribution in [0.25, 0.3) is 10.9 Å². The smallest absolute Gasteiger partial charge is 0.330 e. The third kappa shape index (κ3) is 2.41. The summed E-state index contributed by atoms with van der Waals surface area (Å²) in [5, 5.41) is 14.9. The number of nitrogens with two attached hydrogens (primary N) is 1. The Morgan fingerprint density at radius 2 is 2.00 bits per heavy atom. The van der Waals surface area contributed by atoms with Crippen LogP contribution in [0.4, 0.5) is 4.79 Å². The number of amides is 3. The van der Waals surface area contributed by atoms with Gasteiger partial charge in [0.25, 0.3) is 0 Å². The molecule has 2 atom stereocenters. The molecule has 5 N–H and O–H groups in total. The molecule has 2 aliphatic rings. The van der Waals surface area contributed by atoms with E-state index >= 15 is 0 Å². The number of aromatic nitrogens is 1. The first-order valence-corrected chi connectivity index (χ1v) is 8.60. The van der Waals surface area contributed by atoms with Gasteiger partial charge in [-0.05, 0) is 18.1 Å². The van der Waals surface area contributed by atoms with Crippen LogP contribution >= 0.6 is 0 Å². The van der Waals surface area contributed by atoms with Crippen LogP contribution in [0, 0.1) is 0 Å². The molecule has 2 aliphatic heterocycles. The van der Waals surface area contributed by atoms with Gasteiger partial charge in [0, 0.05) is 36.4 Å². The highest BCUT2D eigenvalue weighted by Gasteiger charge is 2.41. The van der Waals surface area contributed by atoms with Crippen molar-refractivity contribution >= 4 is 22.8 Å².